The summed E-state index contributed by atoms with van der Waals surface area (Å²) in [4.78, 5) is 12.1. The van der Waals surface area contributed by atoms with Crippen LogP contribution in [0.5, 0.6) is 0 Å². The van der Waals surface area contributed by atoms with Crippen molar-refractivity contribution >= 4 is 11.6 Å². The maximum atomic E-state index is 12.1. The van der Waals surface area contributed by atoms with Crippen LogP contribution in [0.25, 0.3) is 0 Å². The first kappa shape index (κ1) is 12.9. The molecule has 0 aliphatic rings. The smallest absolute Gasteiger partial charge is 0.255 e. The number of H-pyrrole nitrogens is 1. The number of nitrogens with two attached hydrogens (primary N) is 1. The van der Waals surface area contributed by atoms with Gasteiger partial charge < -0.3 is 11.1 Å². The van der Waals surface area contributed by atoms with Gasteiger partial charge in [-0.1, -0.05) is 11.8 Å². The number of anilines is 1. The van der Waals surface area contributed by atoms with Gasteiger partial charge in [0.2, 0.25) is 0 Å². The number of hydrogen-bond acceptors (Lipinski definition) is 3. The fraction of sp³-hybridized carbons (Fsp3) is 0.143. The third-order valence-electron chi connectivity index (χ3n) is 2.43. The van der Waals surface area contributed by atoms with Crippen molar-refractivity contribution in [3.8, 4) is 11.8 Å². The number of aromatic nitrogens is 2. The van der Waals surface area contributed by atoms with Gasteiger partial charge in [-0.2, -0.15) is 5.10 Å². The van der Waals surface area contributed by atoms with Crippen LogP contribution in [0.1, 0.15) is 21.5 Å². The lowest BCUT2D eigenvalue weighted by molar-refractivity contribution is 0.102. The van der Waals surface area contributed by atoms with E-state index in [2.05, 4.69) is 27.4 Å². The summed E-state index contributed by atoms with van der Waals surface area (Å²) in [5, 5.41) is 9.15. The van der Waals surface area contributed by atoms with Crippen molar-refractivity contribution < 1.29 is 4.79 Å². The molecular formula is C14H14N4O. The van der Waals surface area contributed by atoms with Gasteiger partial charge >= 0.3 is 0 Å². The number of carbonyl (C=O) groups excluding carboxylic acids is 1. The van der Waals surface area contributed by atoms with E-state index in [1.807, 2.05) is 19.1 Å². The van der Waals surface area contributed by atoms with Crippen LogP contribution < -0.4 is 11.1 Å². The Kier molecular flexibility index (Phi) is 3.96. The Morgan fingerprint density at radius 3 is 3.00 bits per heavy atom. The Hall–Kier alpha value is -2.58. The number of aryl methyl sites for hydroxylation is 1. The molecule has 5 heteroatoms. The van der Waals surface area contributed by atoms with Crippen molar-refractivity contribution in [2.75, 3.05) is 11.9 Å². The van der Waals surface area contributed by atoms with Crippen molar-refractivity contribution in [2.24, 2.45) is 5.73 Å². The number of rotatable bonds is 2. The number of benzene rings is 1. The molecule has 1 heterocycles. The lowest BCUT2D eigenvalue weighted by atomic mass is 10.1. The Balaban J connectivity index is 2.24. The van der Waals surface area contributed by atoms with Crippen molar-refractivity contribution in [2.45, 2.75) is 6.92 Å². The predicted molar refractivity (Wildman–Crippen MR) is 73.7 cm³/mol. The van der Waals surface area contributed by atoms with Gasteiger partial charge in [-0.05, 0) is 30.7 Å². The minimum atomic E-state index is -0.194. The van der Waals surface area contributed by atoms with Gasteiger partial charge in [0, 0.05) is 17.3 Å². The van der Waals surface area contributed by atoms with Gasteiger partial charge in [-0.15, -0.1) is 0 Å². The van der Waals surface area contributed by atoms with Gasteiger partial charge in [-0.3, -0.25) is 9.89 Å². The van der Waals surface area contributed by atoms with Crippen LogP contribution in [0.4, 0.5) is 5.69 Å². The summed E-state index contributed by atoms with van der Waals surface area (Å²) in [6, 6.07) is 5.46. The fourth-order valence-corrected chi connectivity index (χ4v) is 1.66. The van der Waals surface area contributed by atoms with Crippen LogP contribution in [0.2, 0.25) is 0 Å². The summed E-state index contributed by atoms with van der Waals surface area (Å²) in [7, 11) is 0. The molecule has 1 aromatic carbocycles. The quantitative estimate of drug-likeness (QED) is 0.706. The first-order valence-corrected chi connectivity index (χ1v) is 5.80. The molecule has 0 bridgehead atoms. The van der Waals surface area contributed by atoms with E-state index in [9.17, 15) is 4.79 Å². The monoisotopic (exact) mass is 254 g/mol. The lowest BCUT2D eigenvalue weighted by Gasteiger charge is -2.04. The summed E-state index contributed by atoms with van der Waals surface area (Å²) in [6.45, 7) is 2.22. The topological polar surface area (TPSA) is 83.8 Å². The summed E-state index contributed by atoms with van der Waals surface area (Å²) >= 11 is 0. The SMILES string of the molecule is Cc1cc(C#CCN)cc(C(=O)Nc2cn[nH]c2)c1. The maximum absolute atomic E-state index is 12.1. The highest BCUT2D eigenvalue weighted by Gasteiger charge is 2.08. The van der Waals surface area contributed by atoms with Crippen LogP contribution >= 0.6 is 0 Å². The standard InChI is InChI=1S/C14H14N4O/c1-10-5-11(3-2-4-15)7-12(6-10)14(19)18-13-8-16-17-9-13/h5-9H,4,15H2,1H3,(H,16,17)(H,18,19). The van der Waals surface area contributed by atoms with Gasteiger partial charge in [0.15, 0.2) is 0 Å². The highest BCUT2D eigenvalue weighted by molar-refractivity contribution is 6.04. The van der Waals surface area contributed by atoms with E-state index in [0.717, 1.165) is 11.1 Å². The zero-order valence-corrected chi connectivity index (χ0v) is 10.5. The lowest BCUT2D eigenvalue weighted by Crippen LogP contribution is -2.11. The first-order valence-electron chi connectivity index (χ1n) is 5.80. The molecule has 0 radical (unpaired) electrons. The van der Waals surface area contributed by atoms with E-state index in [-0.39, 0.29) is 5.91 Å². The zero-order valence-electron chi connectivity index (χ0n) is 10.5. The van der Waals surface area contributed by atoms with E-state index in [1.54, 1.807) is 18.5 Å². The number of aromatic amines is 1. The largest absolute Gasteiger partial charge is 0.320 e. The summed E-state index contributed by atoms with van der Waals surface area (Å²) in [5.41, 5.74) is 8.28. The van der Waals surface area contributed by atoms with Crippen molar-refractivity contribution in [1.29, 1.82) is 0 Å². The van der Waals surface area contributed by atoms with Crippen LogP contribution in [0, 0.1) is 18.8 Å². The van der Waals surface area contributed by atoms with Crippen LogP contribution in [0.3, 0.4) is 0 Å². The van der Waals surface area contributed by atoms with E-state index >= 15 is 0 Å². The number of nitrogens with zero attached hydrogens (tertiary/aromatic N) is 1. The van der Waals surface area contributed by atoms with Gasteiger partial charge in [0.25, 0.3) is 5.91 Å². The second-order valence-corrected chi connectivity index (χ2v) is 4.03. The third kappa shape index (κ3) is 3.44. The average molecular weight is 254 g/mol. The number of nitrogens with one attached hydrogen (secondary N) is 2. The molecule has 0 unspecified atom stereocenters. The number of amides is 1. The summed E-state index contributed by atoms with van der Waals surface area (Å²) < 4.78 is 0. The zero-order chi connectivity index (χ0) is 13.7. The van der Waals surface area contributed by atoms with Gasteiger partial charge in [0.1, 0.15) is 0 Å². The highest BCUT2D eigenvalue weighted by atomic mass is 16.1. The van der Waals surface area contributed by atoms with Crippen LogP contribution in [-0.4, -0.2) is 22.6 Å². The molecule has 0 aliphatic carbocycles. The molecule has 0 fully saturated rings. The molecule has 1 aromatic heterocycles. The molecule has 19 heavy (non-hydrogen) atoms. The minimum absolute atomic E-state index is 0.194. The second-order valence-electron chi connectivity index (χ2n) is 4.03. The maximum Gasteiger partial charge on any atom is 0.255 e. The van der Waals surface area contributed by atoms with Gasteiger partial charge in [-0.25, -0.2) is 0 Å². The third-order valence-corrected chi connectivity index (χ3v) is 2.43. The summed E-state index contributed by atoms with van der Waals surface area (Å²) in [6.07, 6.45) is 3.16. The highest BCUT2D eigenvalue weighted by Crippen LogP contribution is 2.11. The predicted octanol–water partition coefficient (Wildman–Crippen LogP) is 1.28. The molecular weight excluding hydrogens is 240 g/mol. The molecule has 0 spiro atoms. The Morgan fingerprint density at radius 1 is 1.47 bits per heavy atom. The number of carbonyl (C=O) groups is 1. The molecule has 0 saturated heterocycles. The van der Waals surface area contributed by atoms with Crippen molar-refractivity contribution in [3.05, 3.63) is 47.3 Å². The Bertz CT molecular complexity index is 635. The molecule has 0 aliphatic heterocycles. The Morgan fingerprint density at radius 2 is 2.32 bits per heavy atom. The van der Waals surface area contributed by atoms with Crippen molar-refractivity contribution in [1.82, 2.24) is 10.2 Å². The normalized spacial score (nSPS) is 9.58. The molecule has 0 saturated carbocycles. The van der Waals surface area contributed by atoms with Crippen molar-refractivity contribution in [3.63, 3.8) is 0 Å². The van der Waals surface area contributed by atoms with Crippen LogP contribution in [-0.2, 0) is 0 Å². The van der Waals surface area contributed by atoms with E-state index in [4.69, 9.17) is 5.73 Å². The molecule has 96 valence electrons. The van der Waals surface area contributed by atoms with E-state index < -0.39 is 0 Å². The molecule has 1 amide bonds. The van der Waals surface area contributed by atoms with E-state index in [0.29, 0.717) is 17.8 Å². The molecule has 0 atom stereocenters. The molecule has 5 nitrogen and oxygen atoms in total. The molecule has 2 aromatic rings. The van der Waals surface area contributed by atoms with Crippen LogP contribution in [0.15, 0.2) is 30.6 Å². The van der Waals surface area contributed by atoms with Gasteiger partial charge in [0.05, 0.1) is 18.4 Å². The molecule has 4 N–H and O–H groups in total. The van der Waals surface area contributed by atoms with E-state index in [1.165, 1.54) is 0 Å². The number of hydrogen-bond donors (Lipinski definition) is 3. The molecule has 2 rings (SSSR count). The summed E-state index contributed by atoms with van der Waals surface area (Å²) in [5.74, 6) is 5.51. The Labute approximate surface area is 111 Å². The fourth-order valence-electron chi connectivity index (χ4n) is 1.66. The second kappa shape index (κ2) is 5.85. The first-order chi connectivity index (χ1) is 9.19. The average Bonchev–Trinajstić information content (AvgIpc) is 2.88. The minimum Gasteiger partial charge on any atom is -0.320 e.